The van der Waals surface area contributed by atoms with Gasteiger partial charge < -0.3 is 9.47 Å². The molecular formula is C22H32N4O4. The molecule has 2 N–H and O–H groups in total. The van der Waals surface area contributed by atoms with Crippen molar-refractivity contribution in [3.8, 4) is 11.5 Å². The maximum Gasteiger partial charge on any atom is 0.279 e. The molecule has 0 spiro atoms. The van der Waals surface area contributed by atoms with E-state index in [1.807, 2.05) is 25.5 Å². The Morgan fingerprint density at radius 1 is 1.07 bits per heavy atom. The van der Waals surface area contributed by atoms with E-state index in [4.69, 9.17) is 9.47 Å². The van der Waals surface area contributed by atoms with Crippen molar-refractivity contribution in [1.82, 2.24) is 20.6 Å². The molecule has 30 heavy (non-hydrogen) atoms. The predicted molar refractivity (Wildman–Crippen MR) is 114 cm³/mol. The molecule has 0 saturated heterocycles. The number of carbonyl (C=O) groups excluding carboxylic acids is 2. The molecule has 0 saturated carbocycles. The van der Waals surface area contributed by atoms with E-state index >= 15 is 0 Å². The van der Waals surface area contributed by atoms with Crippen LogP contribution in [0.3, 0.4) is 0 Å². The van der Waals surface area contributed by atoms with Gasteiger partial charge in [-0.25, -0.2) is 0 Å². The molecule has 0 radical (unpaired) electrons. The number of aryl methyl sites for hydroxylation is 1. The Labute approximate surface area is 177 Å². The Balaban J connectivity index is 1.85. The first-order chi connectivity index (χ1) is 14.2. The number of ether oxygens (including phenoxy) is 2. The van der Waals surface area contributed by atoms with Gasteiger partial charge in [-0.2, -0.15) is 5.10 Å². The molecule has 0 aliphatic rings. The van der Waals surface area contributed by atoms with E-state index in [0.717, 1.165) is 29.2 Å². The van der Waals surface area contributed by atoms with Gasteiger partial charge in [0.05, 0.1) is 18.7 Å². The van der Waals surface area contributed by atoms with Gasteiger partial charge in [0.25, 0.3) is 5.91 Å². The monoisotopic (exact) mass is 416 g/mol. The van der Waals surface area contributed by atoms with Crippen LogP contribution < -0.4 is 20.3 Å². The van der Waals surface area contributed by atoms with Gasteiger partial charge in [-0.1, -0.05) is 13.8 Å². The zero-order chi connectivity index (χ0) is 22.3. The van der Waals surface area contributed by atoms with Crippen molar-refractivity contribution in [3.05, 3.63) is 41.2 Å². The number of hydrogen-bond donors (Lipinski definition) is 2. The number of hydrogen-bond acceptors (Lipinski definition) is 5. The van der Waals surface area contributed by atoms with E-state index in [2.05, 4.69) is 29.8 Å². The summed E-state index contributed by atoms with van der Waals surface area (Å²) in [5.41, 5.74) is 7.53. The highest BCUT2D eigenvalue weighted by Crippen LogP contribution is 2.18. The van der Waals surface area contributed by atoms with Gasteiger partial charge in [0.1, 0.15) is 11.5 Å². The highest BCUT2D eigenvalue weighted by atomic mass is 16.5. The lowest BCUT2D eigenvalue weighted by molar-refractivity contribution is -0.132. The number of nitrogens with one attached hydrogen (secondary N) is 2. The summed E-state index contributed by atoms with van der Waals surface area (Å²) in [6, 6.07) is 7.01. The topological polar surface area (TPSA) is 94.5 Å². The Kier molecular flexibility index (Phi) is 8.26. The molecule has 2 aromatic rings. The second-order valence-corrected chi connectivity index (χ2v) is 7.60. The first-order valence-corrected chi connectivity index (χ1v) is 10.2. The lowest BCUT2D eigenvalue weighted by Crippen LogP contribution is -2.47. The van der Waals surface area contributed by atoms with Gasteiger partial charge in [-0.05, 0) is 57.9 Å². The number of aromatic nitrogens is 2. The Bertz CT molecular complexity index is 859. The molecule has 8 heteroatoms. The molecule has 0 aliphatic carbocycles. The fourth-order valence-electron chi connectivity index (χ4n) is 2.99. The second-order valence-electron chi connectivity index (χ2n) is 7.60. The van der Waals surface area contributed by atoms with Crippen LogP contribution in [0.1, 0.15) is 44.6 Å². The number of rotatable bonds is 9. The summed E-state index contributed by atoms with van der Waals surface area (Å²) >= 11 is 0. The van der Waals surface area contributed by atoms with Crippen molar-refractivity contribution < 1.29 is 19.1 Å². The van der Waals surface area contributed by atoms with Gasteiger partial charge in [0, 0.05) is 17.8 Å². The average Bonchev–Trinajstić information content (AvgIpc) is 2.94. The summed E-state index contributed by atoms with van der Waals surface area (Å²) in [5, 5.41) is 4.51. The standard InChI is InChI=1S/C22H32N4O4/c1-7-29-18-8-10-19(11-9-18)30-17(6)22(28)24-23-21(27)12-20-15(4)25-26(16(20)5)13-14(2)3/h8-11,14,17H,7,12-13H2,1-6H3,(H,23,27)(H,24,28)/t17-/m1/s1. The maximum atomic E-state index is 12.3. The number of hydrazine groups is 1. The van der Waals surface area contributed by atoms with Crippen molar-refractivity contribution >= 4 is 11.8 Å². The van der Waals surface area contributed by atoms with Crippen LogP contribution in [0.2, 0.25) is 0 Å². The molecule has 0 aliphatic heterocycles. The first-order valence-electron chi connectivity index (χ1n) is 10.2. The Hall–Kier alpha value is -3.03. The van der Waals surface area contributed by atoms with Crippen LogP contribution in [-0.2, 0) is 22.6 Å². The smallest absolute Gasteiger partial charge is 0.279 e. The normalized spacial score (nSPS) is 11.8. The molecular weight excluding hydrogens is 384 g/mol. The van der Waals surface area contributed by atoms with Gasteiger partial charge in [-0.3, -0.25) is 25.1 Å². The summed E-state index contributed by atoms with van der Waals surface area (Å²) in [4.78, 5) is 24.6. The van der Waals surface area contributed by atoms with Crippen molar-refractivity contribution in [2.45, 2.75) is 60.6 Å². The lowest BCUT2D eigenvalue weighted by atomic mass is 10.1. The molecule has 8 nitrogen and oxygen atoms in total. The highest BCUT2D eigenvalue weighted by molar-refractivity contribution is 5.85. The minimum Gasteiger partial charge on any atom is -0.494 e. The van der Waals surface area contributed by atoms with Crippen LogP contribution >= 0.6 is 0 Å². The largest absolute Gasteiger partial charge is 0.494 e. The van der Waals surface area contributed by atoms with Gasteiger partial charge in [-0.15, -0.1) is 0 Å². The third-order valence-corrected chi connectivity index (χ3v) is 4.55. The zero-order valence-corrected chi connectivity index (χ0v) is 18.6. The molecule has 2 amide bonds. The number of nitrogens with zero attached hydrogens (tertiary/aromatic N) is 2. The van der Waals surface area contributed by atoms with E-state index in [-0.39, 0.29) is 12.3 Å². The summed E-state index contributed by atoms with van der Waals surface area (Å²) < 4.78 is 12.9. The summed E-state index contributed by atoms with van der Waals surface area (Å²) in [6.45, 7) is 13.0. The van der Waals surface area contributed by atoms with E-state index < -0.39 is 12.0 Å². The quantitative estimate of drug-likeness (QED) is 0.613. The summed E-state index contributed by atoms with van der Waals surface area (Å²) in [7, 11) is 0. The first kappa shape index (κ1) is 23.3. The highest BCUT2D eigenvalue weighted by Gasteiger charge is 2.18. The fourth-order valence-corrected chi connectivity index (χ4v) is 2.99. The van der Waals surface area contributed by atoms with Gasteiger partial charge in [0.2, 0.25) is 5.91 Å². The maximum absolute atomic E-state index is 12.3. The Morgan fingerprint density at radius 2 is 1.70 bits per heavy atom. The van der Waals surface area contributed by atoms with Crippen LogP contribution in [0.4, 0.5) is 0 Å². The van der Waals surface area contributed by atoms with Crippen LogP contribution in [0.5, 0.6) is 11.5 Å². The average molecular weight is 417 g/mol. The second kappa shape index (κ2) is 10.7. The van der Waals surface area contributed by atoms with Crippen LogP contribution in [-0.4, -0.2) is 34.3 Å². The number of benzene rings is 1. The van der Waals surface area contributed by atoms with Crippen molar-refractivity contribution in [3.63, 3.8) is 0 Å². The SMILES string of the molecule is CCOc1ccc(O[C@H](C)C(=O)NNC(=O)Cc2c(C)nn(CC(C)C)c2C)cc1. The molecule has 0 unspecified atom stereocenters. The lowest BCUT2D eigenvalue weighted by Gasteiger charge is -2.15. The minimum absolute atomic E-state index is 0.143. The third kappa shape index (κ3) is 6.50. The van der Waals surface area contributed by atoms with Crippen LogP contribution in [0.15, 0.2) is 24.3 Å². The van der Waals surface area contributed by atoms with Crippen molar-refractivity contribution in [2.75, 3.05) is 6.61 Å². The van der Waals surface area contributed by atoms with E-state index in [0.29, 0.717) is 18.3 Å². The van der Waals surface area contributed by atoms with Crippen LogP contribution in [0, 0.1) is 19.8 Å². The van der Waals surface area contributed by atoms with Crippen molar-refractivity contribution in [2.24, 2.45) is 5.92 Å². The van der Waals surface area contributed by atoms with Crippen molar-refractivity contribution in [1.29, 1.82) is 0 Å². The van der Waals surface area contributed by atoms with Gasteiger partial charge >= 0.3 is 0 Å². The molecule has 1 atom stereocenters. The molecule has 164 valence electrons. The third-order valence-electron chi connectivity index (χ3n) is 4.55. The predicted octanol–water partition coefficient (Wildman–Crippen LogP) is 2.71. The summed E-state index contributed by atoms with van der Waals surface area (Å²) in [6.07, 6.45) is -0.634. The molecule has 1 heterocycles. The molecule has 0 fully saturated rings. The molecule has 1 aromatic heterocycles. The van der Waals surface area contributed by atoms with E-state index in [1.54, 1.807) is 31.2 Å². The number of carbonyl (C=O) groups is 2. The number of amides is 2. The Morgan fingerprint density at radius 3 is 2.30 bits per heavy atom. The van der Waals surface area contributed by atoms with E-state index in [9.17, 15) is 9.59 Å². The fraction of sp³-hybridized carbons (Fsp3) is 0.500. The summed E-state index contributed by atoms with van der Waals surface area (Å²) in [5.74, 6) is 0.974. The zero-order valence-electron chi connectivity index (χ0n) is 18.6. The molecule has 2 rings (SSSR count). The molecule has 0 bridgehead atoms. The van der Waals surface area contributed by atoms with Crippen LogP contribution in [0.25, 0.3) is 0 Å². The van der Waals surface area contributed by atoms with Gasteiger partial charge in [0.15, 0.2) is 6.10 Å². The van der Waals surface area contributed by atoms with E-state index in [1.165, 1.54) is 0 Å². The molecule has 1 aromatic carbocycles. The minimum atomic E-state index is -0.777.